The van der Waals surface area contributed by atoms with Crippen molar-refractivity contribution >= 4 is 15.9 Å². The Morgan fingerprint density at radius 1 is 1.30 bits per heavy atom. The van der Waals surface area contributed by atoms with E-state index in [0.717, 1.165) is 5.56 Å². The maximum Gasteiger partial charge on any atom is 0.251 e. The van der Waals surface area contributed by atoms with Gasteiger partial charge in [-0.05, 0) is 29.5 Å². The molecule has 112 valence electrons. The lowest BCUT2D eigenvalue weighted by Crippen LogP contribution is -2.33. The summed E-state index contributed by atoms with van der Waals surface area (Å²) < 4.78 is 22.7. The molecule has 20 heavy (non-hydrogen) atoms. The van der Waals surface area contributed by atoms with Gasteiger partial charge in [0.2, 0.25) is 10.0 Å². The van der Waals surface area contributed by atoms with Gasteiger partial charge in [-0.1, -0.05) is 33.8 Å². The molecular formula is C14H22N2O3S. The minimum atomic E-state index is -3.81. The molecule has 1 amide bonds. The van der Waals surface area contributed by atoms with Gasteiger partial charge < -0.3 is 5.32 Å². The van der Waals surface area contributed by atoms with Crippen LogP contribution in [0.4, 0.5) is 0 Å². The highest BCUT2D eigenvalue weighted by atomic mass is 32.2. The average Bonchev–Trinajstić information content (AvgIpc) is 2.33. The molecule has 0 spiro atoms. The Labute approximate surface area is 120 Å². The number of sulfonamides is 1. The van der Waals surface area contributed by atoms with Gasteiger partial charge in [0.05, 0.1) is 4.90 Å². The molecule has 1 aromatic carbocycles. The Hall–Kier alpha value is -1.40. The first-order valence-electron chi connectivity index (χ1n) is 6.48. The quantitative estimate of drug-likeness (QED) is 0.886. The zero-order chi connectivity index (χ0) is 15.6. The molecule has 0 unspecified atom stereocenters. The van der Waals surface area contributed by atoms with E-state index in [1.54, 1.807) is 6.07 Å². The maximum atomic E-state index is 12.2. The van der Waals surface area contributed by atoms with Crippen LogP contribution in [-0.4, -0.2) is 20.9 Å². The average molecular weight is 298 g/mol. The van der Waals surface area contributed by atoms with Crippen molar-refractivity contribution in [2.75, 3.05) is 6.54 Å². The van der Waals surface area contributed by atoms with E-state index in [4.69, 9.17) is 5.14 Å². The van der Waals surface area contributed by atoms with E-state index in [0.29, 0.717) is 18.5 Å². The van der Waals surface area contributed by atoms with Crippen LogP contribution in [0.3, 0.4) is 0 Å². The Morgan fingerprint density at radius 3 is 2.35 bits per heavy atom. The fourth-order valence-electron chi connectivity index (χ4n) is 1.69. The summed E-state index contributed by atoms with van der Waals surface area (Å²) in [6.07, 6.45) is 0.642. The molecule has 0 saturated heterocycles. The summed E-state index contributed by atoms with van der Waals surface area (Å²) in [5.74, 6) is -0.276. The molecule has 6 heteroatoms. The van der Waals surface area contributed by atoms with Crippen LogP contribution in [0.25, 0.3) is 0 Å². The smallest absolute Gasteiger partial charge is 0.251 e. The SMILES string of the molecule is CCc1ccc(S(N)(=O)=O)cc1C(=O)NCC(C)(C)C. The number of hydrogen-bond acceptors (Lipinski definition) is 3. The van der Waals surface area contributed by atoms with Crippen molar-refractivity contribution in [1.29, 1.82) is 0 Å². The first-order valence-corrected chi connectivity index (χ1v) is 8.03. The molecule has 5 nitrogen and oxygen atoms in total. The fourth-order valence-corrected chi connectivity index (χ4v) is 2.23. The van der Waals surface area contributed by atoms with Gasteiger partial charge in [0.1, 0.15) is 0 Å². The van der Waals surface area contributed by atoms with Gasteiger partial charge in [0, 0.05) is 12.1 Å². The van der Waals surface area contributed by atoms with Gasteiger partial charge in [0.25, 0.3) is 5.91 Å². The molecule has 1 aromatic rings. The van der Waals surface area contributed by atoms with Crippen LogP contribution in [0.2, 0.25) is 0 Å². The summed E-state index contributed by atoms with van der Waals surface area (Å²) in [5, 5.41) is 7.92. The maximum absolute atomic E-state index is 12.2. The zero-order valence-corrected chi connectivity index (χ0v) is 13.2. The van der Waals surface area contributed by atoms with Crippen molar-refractivity contribution in [1.82, 2.24) is 5.32 Å². The second-order valence-electron chi connectivity index (χ2n) is 5.96. The van der Waals surface area contributed by atoms with Gasteiger partial charge >= 0.3 is 0 Å². The van der Waals surface area contributed by atoms with Crippen molar-refractivity contribution in [3.05, 3.63) is 29.3 Å². The molecule has 0 saturated carbocycles. The van der Waals surface area contributed by atoms with Gasteiger partial charge in [-0.3, -0.25) is 4.79 Å². The second kappa shape index (κ2) is 5.93. The van der Waals surface area contributed by atoms with Crippen LogP contribution in [0, 0.1) is 5.41 Å². The van der Waals surface area contributed by atoms with E-state index >= 15 is 0 Å². The number of amides is 1. The molecule has 0 aliphatic carbocycles. The third kappa shape index (κ3) is 4.61. The number of aryl methyl sites for hydroxylation is 1. The third-order valence-corrected chi connectivity index (χ3v) is 3.73. The van der Waals surface area contributed by atoms with Crippen LogP contribution in [0.15, 0.2) is 23.1 Å². The molecular weight excluding hydrogens is 276 g/mol. The predicted molar refractivity (Wildman–Crippen MR) is 79.0 cm³/mol. The lowest BCUT2D eigenvalue weighted by molar-refractivity contribution is 0.0938. The third-order valence-electron chi connectivity index (χ3n) is 2.81. The molecule has 0 radical (unpaired) electrons. The largest absolute Gasteiger partial charge is 0.352 e. The van der Waals surface area contributed by atoms with Crippen LogP contribution in [0.1, 0.15) is 43.6 Å². The van der Waals surface area contributed by atoms with Crippen molar-refractivity contribution in [3.63, 3.8) is 0 Å². The second-order valence-corrected chi connectivity index (χ2v) is 7.52. The van der Waals surface area contributed by atoms with Gasteiger partial charge in [0.15, 0.2) is 0 Å². The van der Waals surface area contributed by atoms with E-state index in [1.165, 1.54) is 12.1 Å². The number of benzene rings is 1. The Kier molecular flexibility index (Phi) is 4.94. The Bertz CT molecular complexity index is 601. The van der Waals surface area contributed by atoms with Gasteiger partial charge in [-0.25, -0.2) is 13.6 Å². The van der Waals surface area contributed by atoms with Crippen molar-refractivity contribution in [2.45, 2.75) is 39.0 Å². The van der Waals surface area contributed by atoms with Gasteiger partial charge in [-0.15, -0.1) is 0 Å². The fraction of sp³-hybridized carbons (Fsp3) is 0.500. The number of primary sulfonamides is 1. The van der Waals surface area contributed by atoms with Crippen LogP contribution >= 0.6 is 0 Å². The van der Waals surface area contributed by atoms with Crippen molar-refractivity contribution < 1.29 is 13.2 Å². The minimum Gasteiger partial charge on any atom is -0.352 e. The molecule has 0 aliphatic rings. The Balaban J connectivity index is 3.11. The molecule has 0 aromatic heterocycles. The summed E-state index contributed by atoms with van der Waals surface area (Å²) in [4.78, 5) is 12.2. The molecule has 0 heterocycles. The molecule has 1 rings (SSSR count). The summed E-state index contributed by atoms with van der Waals surface area (Å²) in [6.45, 7) is 8.44. The number of carbonyl (C=O) groups excluding carboxylic acids is 1. The highest BCUT2D eigenvalue weighted by Gasteiger charge is 2.18. The van der Waals surface area contributed by atoms with E-state index in [9.17, 15) is 13.2 Å². The summed E-state index contributed by atoms with van der Waals surface area (Å²) in [6, 6.07) is 4.40. The normalized spacial score (nSPS) is 12.2. The number of nitrogens with one attached hydrogen (secondary N) is 1. The topological polar surface area (TPSA) is 89.3 Å². The van der Waals surface area contributed by atoms with Crippen LogP contribution < -0.4 is 10.5 Å². The van der Waals surface area contributed by atoms with E-state index < -0.39 is 10.0 Å². The minimum absolute atomic E-state index is 0.0421. The predicted octanol–water partition coefficient (Wildman–Crippen LogP) is 1.67. The van der Waals surface area contributed by atoms with Crippen molar-refractivity contribution in [3.8, 4) is 0 Å². The van der Waals surface area contributed by atoms with E-state index in [-0.39, 0.29) is 16.2 Å². The molecule has 0 fully saturated rings. The van der Waals surface area contributed by atoms with E-state index in [2.05, 4.69) is 5.32 Å². The lowest BCUT2D eigenvalue weighted by atomic mass is 9.96. The van der Waals surface area contributed by atoms with Crippen LogP contribution in [-0.2, 0) is 16.4 Å². The standard InChI is InChI=1S/C14H22N2O3S/c1-5-10-6-7-11(20(15,18)19)8-12(10)13(17)16-9-14(2,3)4/h6-8H,5,9H2,1-4H3,(H,16,17)(H2,15,18,19). The summed E-state index contributed by atoms with van der Waals surface area (Å²) >= 11 is 0. The lowest BCUT2D eigenvalue weighted by Gasteiger charge is -2.19. The number of rotatable bonds is 4. The highest BCUT2D eigenvalue weighted by molar-refractivity contribution is 7.89. The zero-order valence-electron chi connectivity index (χ0n) is 12.4. The molecule has 3 N–H and O–H groups in total. The molecule has 0 atom stereocenters. The summed E-state index contributed by atoms with van der Waals surface area (Å²) in [7, 11) is -3.81. The summed E-state index contributed by atoms with van der Waals surface area (Å²) in [5.41, 5.74) is 1.12. The monoisotopic (exact) mass is 298 g/mol. The number of nitrogens with two attached hydrogens (primary N) is 1. The number of carbonyl (C=O) groups is 1. The first kappa shape index (κ1) is 16.7. The van der Waals surface area contributed by atoms with Crippen LogP contribution in [0.5, 0.6) is 0 Å². The number of hydrogen-bond donors (Lipinski definition) is 2. The highest BCUT2D eigenvalue weighted by Crippen LogP contribution is 2.17. The van der Waals surface area contributed by atoms with Gasteiger partial charge in [-0.2, -0.15) is 0 Å². The van der Waals surface area contributed by atoms with E-state index in [1.807, 2.05) is 27.7 Å². The Morgan fingerprint density at radius 2 is 1.90 bits per heavy atom. The van der Waals surface area contributed by atoms with Crippen molar-refractivity contribution in [2.24, 2.45) is 10.6 Å². The molecule has 0 aliphatic heterocycles. The first-order chi connectivity index (χ1) is 9.04. The molecule has 0 bridgehead atoms.